The fourth-order valence-corrected chi connectivity index (χ4v) is 2.33. The van der Waals surface area contributed by atoms with Crippen LogP contribution in [0.5, 0.6) is 0 Å². The van der Waals surface area contributed by atoms with Crippen molar-refractivity contribution >= 4 is 17.6 Å². The van der Waals surface area contributed by atoms with Crippen molar-refractivity contribution in [2.75, 3.05) is 0 Å². The highest BCUT2D eigenvalue weighted by atomic mass is 35.5. The first-order valence-corrected chi connectivity index (χ1v) is 6.78. The van der Waals surface area contributed by atoms with E-state index in [1.54, 1.807) is 36.4 Å². The van der Waals surface area contributed by atoms with Crippen molar-refractivity contribution in [3.63, 3.8) is 0 Å². The smallest absolute Gasteiger partial charge is 0.356 e. The normalized spacial score (nSPS) is 10.6. The van der Waals surface area contributed by atoms with Gasteiger partial charge in [-0.05, 0) is 42.5 Å². The van der Waals surface area contributed by atoms with E-state index in [2.05, 4.69) is 5.10 Å². The number of aromatic carboxylic acids is 1. The third kappa shape index (κ3) is 2.58. The Morgan fingerprint density at radius 1 is 1.14 bits per heavy atom. The molecule has 0 spiro atoms. The second-order valence-electron chi connectivity index (χ2n) is 4.59. The quantitative estimate of drug-likeness (QED) is 0.793. The lowest BCUT2D eigenvalue weighted by atomic mass is 10.1. The van der Waals surface area contributed by atoms with E-state index in [1.165, 1.54) is 22.9 Å². The second kappa shape index (κ2) is 5.61. The molecule has 6 heteroatoms. The molecule has 0 fully saturated rings. The molecule has 1 aromatic heterocycles. The van der Waals surface area contributed by atoms with Crippen LogP contribution in [0.15, 0.2) is 54.6 Å². The molecule has 22 heavy (non-hydrogen) atoms. The van der Waals surface area contributed by atoms with Crippen LogP contribution in [0.1, 0.15) is 10.5 Å². The van der Waals surface area contributed by atoms with Crippen molar-refractivity contribution in [3.05, 3.63) is 71.1 Å². The first-order chi connectivity index (χ1) is 10.6. The number of benzene rings is 2. The van der Waals surface area contributed by atoms with Gasteiger partial charge in [0.05, 0.1) is 16.4 Å². The number of nitrogens with zero attached hydrogens (tertiary/aromatic N) is 2. The number of aromatic nitrogens is 2. The van der Waals surface area contributed by atoms with Crippen LogP contribution < -0.4 is 0 Å². The maximum Gasteiger partial charge on any atom is 0.356 e. The van der Waals surface area contributed by atoms with E-state index in [0.717, 1.165) is 0 Å². The number of rotatable bonds is 3. The van der Waals surface area contributed by atoms with Crippen LogP contribution in [0.3, 0.4) is 0 Å². The number of hydrogen-bond donors (Lipinski definition) is 1. The van der Waals surface area contributed by atoms with Crippen molar-refractivity contribution in [1.82, 2.24) is 9.78 Å². The summed E-state index contributed by atoms with van der Waals surface area (Å²) in [6.07, 6.45) is 0. The molecule has 3 aromatic rings. The molecule has 0 aliphatic carbocycles. The van der Waals surface area contributed by atoms with Crippen LogP contribution in [0.25, 0.3) is 16.9 Å². The summed E-state index contributed by atoms with van der Waals surface area (Å²) in [5.74, 6) is -1.51. The molecule has 2 aromatic carbocycles. The van der Waals surface area contributed by atoms with Crippen molar-refractivity contribution in [2.24, 2.45) is 0 Å². The van der Waals surface area contributed by atoms with E-state index < -0.39 is 5.97 Å². The van der Waals surface area contributed by atoms with Gasteiger partial charge in [-0.15, -0.1) is 0 Å². The Kier molecular flexibility index (Phi) is 3.65. The van der Waals surface area contributed by atoms with Gasteiger partial charge in [-0.25, -0.2) is 13.9 Å². The van der Waals surface area contributed by atoms with Gasteiger partial charge in [-0.2, -0.15) is 5.10 Å². The van der Waals surface area contributed by atoms with E-state index >= 15 is 0 Å². The van der Waals surface area contributed by atoms with Crippen LogP contribution in [0.4, 0.5) is 4.39 Å². The van der Waals surface area contributed by atoms with Gasteiger partial charge in [0.2, 0.25) is 0 Å². The summed E-state index contributed by atoms with van der Waals surface area (Å²) >= 11 is 6.16. The number of para-hydroxylation sites is 1. The minimum atomic E-state index is -1.14. The zero-order valence-electron chi connectivity index (χ0n) is 11.2. The number of carboxylic acid groups (broad SMARTS) is 1. The van der Waals surface area contributed by atoms with Crippen LogP contribution >= 0.6 is 11.6 Å². The van der Waals surface area contributed by atoms with Gasteiger partial charge < -0.3 is 5.11 Å². The Balaban J connectivity index is 2.23. The summed E-state index contributed by atoms with van der Waals surface area (Å²) in [5.41, 5.74) is 1.60. The Bertz CT molecular complexity index is 844. The highest BCUT2D eigenvalue weighted by Gasteiger charge is 2.17. The minimum Gasteiger partial charge on any atom is -0.476 e. The maximum absolute atomic E-state index is 13.1. The highest BCUT2D eigenvalue weighted by molar-refractivity contribution is 6.32. The van der Waals surface area contributed by atoms with Gasteiger partial charge in [-0.1, -0.05) is 23.7 Å². The van der Waals surface area contributed by atoms with E-state index in [0.29, 0.717) is 22.0 Å². The van der Waals surface area contributed by atoms with Gasteiger partial charge in [0.1, 0.15) is 5.82 Å². The van der Waals surface area contributed by atoms with Gasteiger partial charge >= 0.3 is 5.97 Å². The molecule has 110 valence electrons. The molecule has 0 saturated carbocycles. The number of carboxylic acids is 1. The zero-order chi connectivity index (χ0) is 15.7. The molecule has 1 heterocycles. The molecule has 3 rings (SSSR count). The molecule has 0 radical (unpaired) electrons. The molecule has 0 aliphatic rings. The van der Waals surface area contributed by atoms with E-state index in [-0.39, 0.29) is 11.5 Å². The monoisotopic (exact) mass is 316 g/mol. The predicted octanol–water partition coefficient (Wildman–Crippen LogP) is 4.03. The average Bonchev–Trinajstić information content (AvgIpc) is 2.94. The average molecular weight is 317 g/mol. The van der Waals surface area contributed by atoms with Gasteiger partial charge in [0, 0.05) is 5.56 Å². The first kappa shape index (κ1) is 14.3. The summed E-state index contributed by atoms with van der Waals surface area (Å²) < 4.78 is 14.5. The fraction of sp³-hybridized carbons (Fsp3) is 0. The van der Waals surface area contributed by atoms with Crippen molar-refractivity contribution in [3.8, 4) is 16.9 Å². The Morgan fingerprint density at radius 2 is 1.82 bits per heavy atom. The standard InChI is InChI=1S/C16H10ClFN2O2/c17-12-3-1-2-4-14(12)20-15(9-13(19-20)16(21)22)10-5-7-11(18)8-6-10/h1-9H,(H,21,22). The second-order valence-corrected chi connectivity index (χ2v) is 5.00. The lowest BCUT2D eigenvalue weighted by molar-refractivity contribution is 0.0690. The fourth-order valence-electron chi connectivity index (χ4n) is 2.12. The predicted molar refractivity (Wildman–Crippen MR) is 80.9 cm³/mol. The van der Waals surface area contributed by atoms with Crippen LogP contribution in [0.2, 0.25) is 5.02 Å². The molecule has 0 saturated heterocycles. The Morgan fingerprint density at radius 3 is 2.45 bits per heavy atom. The van der Waals surface area contributed by atoms with E-state index in [4.69, 9.17) is 16.7 Å². The zero-order valence-corrected chi connectivity index (χ0v) is 12.0. The van der Waals surface area contributed by atoms with Crippen LogP contribution in [-0.4, -0.2) is 20.9 Å². The summed E-state index contributed by atoms with van der Waals surface area (Å²) in [5, 5.41) is 13.7. The molecular weight excluding hydrogens is 307 g/mol. The number of hydrogen-bond acceptors (Lipinski definition) is 2. The third-order valence-electron chi connectivity index (χ3n) is 3.15. The SMILES string of the molecule is O=C(O)c1cc(-c2ccc(F)cc2)n(-c2ccccc2Cl)n1. The number of carbonyl (C=O) groups is 1. The molecule has 1 N–H and O–H groups in total. The van der Waals surface area contributed by atoms with E-state index in [9.17, 15) is 9.18 Å². The number of halogens is 2. The molecular formula is C16H10ClFN2O2. The molecule has 0 unspecified atom stereocenters. The van der Waals surface area contributed by atoms with Crippen molar-refractivity contribution in [1.29, 1.82) is 0 Å². The maximum atomic E-state index is 13.1. The minimum absolute atomic E-state index is 0.112. The Labute approximate surface area is 130 Å². The van der Waals surface area contributed by atoms with E-state index in [1.807, 2.05) is 0 Å². The topological polar surface area (TPSA) is 55.1 Å². The third-order valence-corrected chi connectivity index (χ3v) is 3.47. The van der Waals surface area contributed by atoms with Crippen LogP contribution in [0, 0.1) is 5.82 Å². The van der Waals surface area contributed by atoms with Crippen LogP contribution in [-0.2, 0) is 0 Å². The van der Waals surface area contributed by atoms with Gasteiger partial charge in [-0.3, -0.25) is 0 Å². The summed E-state index contributed by atoms with van der Waals surface area (Å²) in [7, 11) is 0. The molecule has 0 bridgehead atoms. The molecule has 0 atom stereocenters. The molecule has 0 amide bonds. The lowest BCUT2D eigenvalue weighted by Crippen LogP contribution is -2.02. The lowest BCUT2D eigenvalue weighted by Gasteiger charge is -2.09. The molecule has 4 nitrogen and oxygen atoms in total. The summed E-state index contributed by atoms with van der Waals surface area (Å²) in [6.45, 7) is 0. The Hall–Kier alpha value is -2.66. The van der Waals surface area contributed by atoms with Crippen molar-refractivity contribution in [2.45, 2.75) is 0 Å². The summed E-state index contributed by atoms with van der Waals surface area (Å²) in [4.78, 5) is 11.2. The van der Waals surface area contributed by atoms with Crippen molar-refractivity contribution < 1.29 is 14.3 Å². The van der Waals surface area contributed by atoms with Gasteiger partial charge in [0.15, 0.2) is 5.69 Å². The highest BCUT2D eigenvalue weighted by Crippen LogP contribution is 2.28. The largest absolute Gasteiger partial charge is 0.476 e. The molecule has 0 aliphatic heterocycles. The first-order valence-electron chi connectivity index (χ1n) is 6.40. The van der Waals surface area contributed by atoms with Gasteiger partial charge in [0.25, 0.3) is 0 Å². The summed E-state index contributed by atoms with van der Waals surface area (Å²) in [6, 6.07) is 14.1.